The van der Waals surface area contributed by atoms with Gasteiger partial charge >= 0.3 is 0 Å². The van der Waals surface area contributed by atoms with Crippen LogP contribution in [0.4, 0.5) is 0 Å². The maximum Gasteiger partial charge on any atom is 0.179 e. The molecule has 0 amide bonds. The van der Waals surface area contributed by atoms with E-state index in [-0.39, 0.29) is 11.8 Å². The van der Waals surface area contributed by atoms with E-state index in [0.717, 1.165) is 68.3 Å². The van der Waals surface area contributed by atoms with E-state index in [1.54, 1.807) is 7.11 Å². The number of unbranched alkanes of at least 4 members (excludes halogenated alkanes) is 1. The van der Waals surface area contributed by atoms with Gasteiger partial charge in [-0.1, -0.05) is 79.9 Å². The van der Waals surface area contributed by atoms with E-state index in [2.05, 4.69) is 47.1 Å². The minimum atomic E-state index is -0.0741. The minimum absolute atomic E-state index is 0.0741. The van der Waals surface area contributed by atoms with Gasteiger partial charge in [0.2, 0.25) is 0 Å². The topological polar surface area (TPSA) is 32.8 Å². The monoisotopic (exact) mass is 464 g/mol. The highest BCUT2D eigenvalue weighted by Gasteiger charge is 2.29. The highest BCUT2D eigenvalue weighted by molar-refractivity contribution is 6.37. The first kappa shape index (κ1) is 23.7. The molecule has 0 aromatic heterocycles. The summed E-state index contributed by atoms with van der Waals surface area (Å²) in [7, 11) is 1.61. The Kier molecular flexibility index (Phi) is 8.02. The molecule has 0 N–H and O–H groups in total. The first-order chi connectivity index (χ1) is 16.1. The quantitative estimate of drug-likeness (QED) is 0.360. The molecule has 0 unspecified atom stereocenters. The van der Waals surface area contributed by atoms with Gasteiger partial charge in [-0.25, -0.2) is 0 Å². The summed E-state index contributed by atoms with van der Waals surface area (Å²) in [6, 6.07) is 20.2. The molecule has 0 spiro atoms. The van der Waals surface area contributed by atoms with Crippen LogP contribution in [0.15, 0.2) is 60.7 Å². The van der Waals surface area contributed by atoms with Crippen LogP contribution >= 0.6 is 11.6 Å². The Bertz CT molecular complexity index is 1080. The van der Waals surface area contributed by atoms with Crippen LogP contribution in [0.3, 0.4) is 0 Å². The van der Waals surface area contributed by atoms with Gasteiger partial charge in [0.05, 0.1) is 18.2 Å². The van der Waals surface area contributed by atoms with Crippen molar-refractivity contribution in [3.05, 3.63) is 76.8 Å². The van der Waals surface area contributed by atoms with Crippen LogP contribution < -0.4 is 4.74 Å². The van der Waals surface area contributed by atoms with Crippen molar-refractivity contribution in [2.75, 3.05) is 33.3 Å². The molecule has 1 aliphatic rings. The zero-order chi connectivity index (χ0) is 23.2. The first-order valence-corrected chi connectivity index (χ1v) is 12.3. The lowest BCUT2D eigenvalue weighted by molar-refractivity contribution is 0.0628. The summed E-state index contributed by atoms with van der Waals surface area (Å²) >= 11 is 6.48. The lowest BCUT2D eigenvalue weighted by Crippen LogP contribution is -2.52. The third kappa shape index (κ3) is 5.57. The van der Waals surface area contributed by atoms with Gasteiger partial charge in [0, 0.05) is 43.7 Å². The molecule has 0 saturated carbocycles. The smallest absolute Gasteiger partial charge is 0.179 e. The maximum absolute atomic E-state index is 13.7. The van der Waals surface area contributed by atoms with Crippen LogP contribution in [0, 0.1) is 0 Å². The molecule has 174 valence electrons. The molecule has 1 atom stereocenters. The van der Waals surface area contributed by atoms with E-state index < -0.39 is 0 Å². The molecule has 3 aromatic rings. The Labute approximate surface area is 202 Å². The third-order valence-electron chi connectivity index (χ3n) is 6.65. The summed E-state index contributed by atoms with van der Waals surface area (Å²) < 4.78 is 5.33. The molecule has 0 radical (unpaired) electrons. The van der Waals surface area contributed by atoms with Crippen LogP contribution in [-0.2, 0) is 6.54 Å². The van der Waals surface area contributed by atoms with E-state index in [9.17, 15) is 4.79 Å². The summed E-state index contributed by atoms with van der Waals surface area (Å²) in [5, 5.41) is 2.46. The SMILES string of the molecule is CCCC[C@H](C(=O)c1ccc2c(Cl)c(OC)ccc2c1)N1CCN(Cc2ccccc2)CC1. The van der Waals surface area contributed by atoms with Gasteiger partial charge < -0.3 is 4.74 Å². The lowest BCUT2D eigenvalue weighted by atomic mass is 9.95. The van der Waals surface area contributed by atoms with Crippen LogP contribution in [0.5, 0.6) is 5.75 Å². The molecule has 1 fully saturated rings. The van der Waals surface area contributed by atoms with Crippen molar-refractivity contribution in [2.45, 2.75) is 38.8 Å². The second-order valence-electron chi connectivity index (χ2n) is 8.84. The van der Waals surface area contributed by atoms with Crippen molar-refractivity contribution in [3.8, 4) is 5.75 Å². The van der Waals surface area contributed by atoms with Gasteiger partial charge in [-0.2, -0.15) is 0 Å². The number of methoxy groups -OCH3 is 1. The Morgan fingerprint density at radius 3 is 2.48 bits per heavy atom. The predicted octanol–water partition coefficient (Wildman–Crippen LogP) is 6.06. The maximum atomic E-state index is 13.7. The molecule has 4 nitrogen and oxygen atoms in total. The number of Topliss-reactive ketones (excluding diaryl/α,β-unsaturated/α-hetero) is 1. The number of rotatable bonds is 9. The summed E-state index contributed by atoms with van der Waals surface area (Å²) in [6.45, 7) is 6.96. The fourth-order valence-corrected chi connectivity index (χ4v) is 5.04. The molecule has 0 bridgehead atoms. The average molecular weight is 465 g/mol. The number of hydrogen-bond donors (Lipinski definition) is 0. The van der Waals surface area contributed by atoms with Crippen molar-refractivity contribution in [3.63, 3.8) is 0 Å². The second-order valence-corrected chi connectivity index (χ2v) is 9.22. The number of halogens is 1. The Balaban J connectivity index is 1.48. The molecular weight excluding hydrogens is 432 g/mol. The summed E-state index contributed by atoms with van der Waals surface area (Å²) in [5.74, 6) is 0.867. The van der Waals surface area contributed by atoms with Gasteiger partial charge in [0.1, 0.15) is 5.75 Å². The van der Waals surface area contributed by atoms with E-state index in [1.807, 2.05) is 30.3 Å². The van der Waals surface area contributed by atoms with Gasteiger partial charge in [-0.3, -0.25) is 14.6 Å². The Morgan fingerprint density at radius 1 is 1.03 bits per heavy atom. The number of carbonyl (C=O) groups excluding carboxylic acids is 1. The highest BCUT2D eigenvalue weighted by atomic mass is 35.5. The standard InChI is InChI=1S/C28H33ClN2O2/c1-3-4-10-25(31-17-15-30(16-18-31)20-21-8-6-5-7-9-21)28(32)23-11-13-24-22(19-23)12-14-26(33-2)27(24)29/h5-9,11-14,19,25H,3-4,10,15-18,20H2,1-2H3/t25-/m1/s1. The number of fused-ring (bicyclic) bond motifs is 1. The van der Waals surface area contributed by atoms with Crippen molar-refractivity contribution in [1.82, 2.24) is 9.80 Å². The van der Waals surface area contributed by atoms with Crippen LogP contribution in [0.25, 0.3) is 10.8 Å². The van der Waals surface area contributed by atoms with E-state index in [1.165, 1.54) is 5.56 Å². The lowest BCUT2D eigenvalue weighted by Gasteiger charge is -2.39. The normalized spacial score (nSPS) is 16.1. The second kappa shape index (κ2) is 11.1. The zero-order valence-corrected chi connectivity index (χ0v) is 20.4. The Morgan fingerprint density at radius 2 is 1.79 bits per heavy atom. The number of carbonyl (C=O) groups is 1. The summed E-state index contributed by atoms with van der Waals surface area (Å²) in [4.78, 5) is 18.5. The first-order valence-electron chi connectivity index (χ1n) is 11.9. The van der Waals surface area contributed by atoms with Gasteiger partial charge in [0.25, 0.3) is 0 Å². The fraction of sp³-hybridized carbons (Fsp3) is 0.393. The molecule has 33 heavy (non-hydrogen) atoms. The van der Waals surface area contributed by atoms with Crippen LogP contribution in [0.1, 0.15) is 42.1 Å². The number of ether oxygens (including phenoxy) is 1. The number of ketones is 1. The Hall–Kier alpha value is -2.40. The predicted molar refractivity (Wildman–Crippen MR) is 136 cm³/mol. The van der Waals surface area contributed by atoms with Crippen molar-refractivity contribution < 1.29 is 9.53 Å². The molecular formula is C28H33ClN2O2. The van der Waals surface area contributed by atoms with E-state index in [0.29, 0.717) is 10.8 Å². The number of benzene rings is 3. The van der Waals surface area contributed by atoms with Crippen LogP contribution in [0.2, 0.25) is 5.02 Å². The third-order valence-corrected chi connectivity index (χ3v) is 7.04. The molecule has 4 rings (SSSR count). The van der Waals surface area contributed by atoms with Crippen LogP contribution in [-0.4, -0.2) is 54.9 Å². The summed E-state index contributed by atoms with van der Waals surface area (Å²) in [6.07, 6.45) is 3.04. The van der Waals surface area contributed by atoms with E-state index >= 15 is 0 Å². The van der Waals surface area contributed by atoms with Crippen molar-refractivity contribution in [2.24, 2.45) is 0 Å². The highest BCUT2D eigenvalue weighted by Crippen LogP contribution is 2.33. The molecule has 0 aliphatic carbocycles. The van der Waals surface area contributed by atoms with Crippen molar-refractivity contribution in [1.29, 1.82) is 0 Å². The fourth-order valence-electron chi connectivity index (χ4n) is 4.73. The number of nitrogens with zero attached hydrogens (tertiary/aromatic N) is 2. The average Bonchev–Trinajstić information content (AvgIpc) is 2.86. The molecule has 1 heterocycles. The molecule has 1 saturated heterocycles. The number of hydrogen-bond acceptors (Lipinski definition) is 4. The molecule has 5 heteroatoms. The minimum Gasteiger partial charge on any atom is -0.495 e. The van der Waals surface area contributed by atoms with Crippen molar-refractivity contribution >= 4 is 28.2 Å². The van der Waals surface area contributed by atoms with Gasteiger partial charge in [0.15, 0.2) is 5.78 Å². The number of piperazine rings is 1. The van der Waals surface area contributed by atoms with E-state index in [4.69, 9.17) is 16.3 Å². The summed E-state index contributed by atoms with van der Waals surface area (Å²) in [5.41, 5.74) is 2.10. The zero-order valence-electron chi connectivity index (χ0n) is 19.6. The largest absolute Gasteiger partial charge is 0.495 e. The van der Waals surface area contributed by atoms with Gasteiger partial charge in [-0.05, 0) is 29.5 Å². The van der Waals surface area contributed by atoms with Gasteiger partial charge in [-0.15, -0.1) is 0 Å². The molecule has 3 aromatic carbocycles. The molecule has 1 aliphatic heterocycles.